The third kappa shape index (κ3) is 7.05. The van der Waals surface area contributed by atoms with Gasteiger partial charge in [0.05, 0.1) is 12.7 Å². The van der Waals surface area contributed by atoms with Crippen molar-refractivity contribution in [1.29, 1.82) is 0 Å². The minimum atomic E-state index is 0.341. The number of hydrogen-bond donors (Lipinski definition) is 1. The van der Waals surface area contributed by atoms with Crippen molar-refractivity contribution in [3.05, 3.63) is 0 Å². The maximum Gasteiger partial charge on any atom is 0.0597 e. The van der Waals surface area contributed by atoms with Crippen LogP contribution in [0.2, 0.25) is 0 Å². The summed E-state index contributed by atoms with van der Waals surface area (Å²) < 4.78 is 5.75. The van der Waals surface area contributed by atoms with Gasteiger partial charge in [-0.3, -0.25) is 4.90 Å². The van der Waals surface area contributed by atoms with Crippen LogP contribution in [0.25, 0.3) is 0 Å². The molecule has 1 fully saturated rings. The van der Waals surface area contributed by atoms with E-state index in [1.807, 2.05) is 0 Å². The van der Waals surface area contributed by atoms with E-state index in [1.54, 1.807) is 0 Å². The second-order valence-corrected chi connectivity index (χ2v) is 7.43. The number of rotatable bonds is 8. The molecule has 2 unspecified atom stereocenters. The molecule has 0 radical (unpaired) electrons. The van der Waals surface area contributed by atoms with Crippen molar-refractivity contribution in [1.82, 2.24) is 10.2 Å². The van der Waals surface area contributed by atoms with E-state index >= 15 is 0 Å². The van der Waals surface area contributed by atoms with Crippen LogP contribution in [-0.4, -0.2) is 49.3 Å². The van der Waals surface area contributed by atoms with Crippen molar-refractivity contribution in [3.8, 4) is 0 Å². The van der Waals surface area contributed by atoms with Crippen LogP contribution in [0, 0.1) is 11.8 Å². The Labute approximate surface area is 126 Å². The fourth-order valence-corrected chi connectivity index (χ4v) is 3.11. The van der Waals surface area contributed by atoms with Gasteiger partial charge in [0.2, 0.25) is 0 Å². The van der Waals surface area contributed by atoms with Crippen LogP contribution in [-0.2, 0) is 4.74 Å². The zero-order valence-corrected chi connectivity index (χ0v) is 14.5. The van der Waals surface area contributed by atoms with Crippen molar-refractivity contribution in [2.45, 2.75) is 72.6 Å². The Morgan fingerprint density at radius 1 is 1.05 bits per heavy atom. The van der Waals surface area contributed by atoms with Crippen LogP contribution in [0.1, 0.15) is 54.4 Å². The first-order valence-corrected chi connectivity index (χ1v) is 8.47. The highest BCUT2D eigenvalue weighted by molar-refractivity contribution is 4.87. The molecule has 0 aromatic carbocycles. The molecular weight excluding hydrogens is 248 g/mol. The predicted molar refractivity (Wildman–Crippen MR) is 87.1 cm³/mol. The van der Waals surface area contributed by atoms with E-state index in [9.17, 15) is 0 Å². The van der Waals surface area contributed by atoms with Gasteiger partial charge in [-0.2, -0.15) is 0 Å². The molecule has 1 heterocycles. The molecular formula is C17H36N2O. The first-order chi connectivity index (χ1) is 9.38. The van der Waals surface area contributed by atoms with Crippen molar-refractivity contribution in [2.24, 2.45) is 11.8 Å². The summed E-state index contributed by atoms with van der Waals surface area (Å²) in [7, 11) is 0. The van der Waals surface area contributed by atoms with Gasteiger partial charge in [0, 0.05) is 31.7 Å². The van der Waals surface area contributed by atoms with Crippen LogP contribution in [0.3, 0.4) is 0 Å². The maximum atomic E-state index is 5.75. The van der Waals surface area contributed by atoms with E-state index in [1.165, 1.54) is 19.4 Å². The lowest BCUT2D eigenvalue weighted by Crippen LogP contribution is -2.57. The maximum absolute atomic E-state index is 5.75. The molecule has 120 valence electrons. The average Bonchev–Trinajstić information content (AvgIpc) is 2.30. The van der Waals surface area contributed by atoms with E-state index in [0.29, 0.717) is 18.2 Å². The van der Waals surface area contributed by atoms with Gasteiger partial charge >= 0.3 is 0 Å². The molecule has 1 aliphatic heterocycles. The summed E-state index contributed by atoms with van der Waals surface area (Å²) in [6.45, 7) is 17.8. The summed E-state index contributed by atoms with van der Waals surface area (Å²) in [4.78, 5) is 2.66. The Bertz CT molecular complexity index is 253. The topological polar surface area (TPSA) is 24.5 Å². The van der Waals surface area contributed by atoms with Gasteiger partial charge in [-0.25, -0.2) is 0 Å². The highest BCUT2D eigenvalue weighted by Crippen LogP contribution is 2.18. The molecule has 0 amide bonds. The van der Waals surface area contributed by atoms with E-state index in [2.05, 4.69) is 51.8 Å². The zero-order chi connectivity index (χ0) is 15.1. The van der Waals surface area contributed by atoms with Gasteiger partial charge in [0.15, 0.2) is 0 Å². The first kappa shape index (κ1) is 17.9. The smallest absolute Gasteiger partial charge is 0.0597 e. The lowest BCUT2D eigenvalue weighted by Gasteiger charge is -2.41. The monoisotopic (exact) mass is 284 g/mol. The molecule has 2 atom stereocenters. The van der Waals surface area contributed by atoms with Gasteiger partial charge in [-0.15, -0.1) is 0 Å². The normalized spacial score (nSPS) is 25.1. The molecule has 0 aromatic rings. The number of ether oxygens (including phenoxy) is 1. The minimum Gasteiger partial charge on any atom is -0.377 e. The lowest BCUT2D eigenvalue weighted by molar-refractivity contribution is 0.0309. The second-order valence-electron chi connectivity index (χ2n) is 7.43. The van der Waals surface area contributed by atoms with Crippen LogP contribution < -0.4 is 5.32 Å². The molecule has 20 heavy (non-hydrogen) atoms. The van der Waals surface area contributed by atoms with Crippen molar-refractivity contribution < 1.29 is 4.74 Å². The summed E-state index contributed by atoms with van der Waals surface area (Å²) in [6, 6.07) is 1.33. The Morgan fingerprint density at radius 3 is 2.25 bits per heavy atom. The molecule has 0 saturated carbocycles. The van der Waals surface area contributed by atoms with Gasteiger partial charge in [-0.05, 0) is 38.5 Å². The summed E-state index contributed by atoms with van der Waals surface area (Å²) in [5, 5.41) is 3.75. The fourth-order valence-electron chi connectivity index (χ4n) is 3.11. The predicted octanol–water partition coefficient (Wildman–Crippen LogP) is 3.15. The summed E-state index contributed by atoms with van der Waals surface area (Å²) in [5.41, 5.74) is 0. The molecule has 3 nitrogen and oxygen atoms in total. The van der Waals surface area contributed by atoms with Crippen LogP contribution in [0.4, 0.5) is 0 Å². The Morgan fingerprint density at radius 2 is 1.70 bits per heavy atom. The third-order valence-corrected chi connectivity index (χ3v) is 3.94. The SMILES string of the molecule is CC(C)CC1CN(CCOC(C)C)C(CC(C)C)CN1. The quantitative estimate of drug-likeness (QED) is 0.741. The molecule has 1 saturated heterocycles. The first-order valence-electron chi connectivity index (χ1n) is 8.47. The molecule has 0 aliphatic carbocycles. The largest absolute Gasteiger partial charge is 0.377 e. The van der Waals surface area contributed by atoms with Crippen LogP contribution in [0.5, 0.6) is 0 Å². The third-order valence-electron chi connectivity index (χ3n) is 3.94. The van der Waals surface area contributed by atoms with Crippen molar-refractivity contribution >= 4 is 0 Å². The molecule has 3 heteroatoms. The van der Waals surface area contributed by atoms with Gasteiger partial charge in [0.1, 0.15) is 0 Å². The summed E-state index contributed by atoms with van der Waals surface area (Å²) >= 11 is 0. The van der Waals surface area contributed by atoms with E-state index < -0.39 is 0 Å². The van der Waals surface area contributed by atoms with E-state index in [-0.39, 0.29) is 0 Å². The second kappa shape index (κ2) is 9.01. The molecule has 0 bridgehead atoms. The molecule has 1 rings (SSSR count). The van der Waals surface area contributed by atoms with Crippen molar-refractivity contribution in [3.63, 3.8) is 0 Å². The summed E-state index contributed by atoms with van der Waals surface area (Å²) in [5.74, 6) is 1.53. The number of piperazine rings is 1. The highest BCUT2D eigenvalue weighted by Gasteiger charge is 2.28. The Balaban J connectivity index is 2.48. The summed E-state index contributed by atoms with van der Waals surface area (Å²) in [6.07, 6.45) is 2.90. The number of hydrogen-bond acceptors (Lipinski definition) is 3. The molecule has 1 N–H and O–H groups in total. The molecule has 1 aliphatic rings. The van der Waals surface area contributed by atoms with E-state index in [4.69, 9.17) is 4.74 Å². The van der Waals surface area contributed by atoms with Gasteiger partial charge in [0.25, 0.3) is 0 Å². The molecule has 0 aromatic heterocycles. The Kier molecular flexibility index (Phi) is 8.08. The lowest BCUT2D eigenvalue weighted by atomic mass is 9.96. The van der Waals surface area contributed by atoms with Gasteiger partial charge in [-0.1, -0.05) is 27.7 Å². The van der Waals surface area contributed by atoms with Crippen LogP contribution in [0.15, 0.2) is 0 Å². The number of nitrogens with one attached hydrogen (secondary N) is 1. The Hall–Kier alpha value is -0.120. The minimum absolute atomic E-state index is 0.341. The fraction of sp³-hybridized carbons (Fsp3) is 1.00. The van der Waals surface area contributed by atoms with Gasteiger partial charge < -0.3 is 10.1 Å². The zero-order valence-electron chi connectivity index (χ0n) is 14.5. The van der Waals surface area contributed by atoms with Crippen molar-refractivity contribution in [2.75, 3.05) is 26.2 Å². The average molecular weight is 284 g/mol. The van der Waals surface area contributed by atoms with Crippen LogP contribution >= 0.6 is 0 Å². The highest BCUT2D eigenvalue weighted by atomic mass is 16.5. The number of nitrogens with zero attached hydrogens (tertiary/aromatic N) is 1. The standard InChI is InChI=1S/C17H36N2O/c1-13(2)9-16-12-19(7-8-20-15(5)6)17(11-18-16)10-14(3)4/h13-18H,7-12H2,1-6H3. The van der Waals surface area contributed by atoms with E-state index in [0.717, 1.165) is 31.5 Å². The molecule has 0 spiro atoms.